The van der Waals surface area contributed by atoms with Gasteiger partial charge in [-0.25, -0.2) is 8.42 Å². The Morgan fingerprint density at radius 2 is 1.96 bits per heavy atom. The van der Waals surface area contributed by atoms with E-state index in [9.17, 15) is 13.2 Å². The second kappa shape index (κ2) is 6.77. The fourth-order valence-electron chi connectivity index (χ4n) is 3.21. The van der Waals surface area contributed by atoms with Crippen LogP contribution in [0.2, 0.25) is 0 Å². The molecule has 23 heavy (non-hydrogen) atoms. The number of nitrogens with zero attached hydrogens (tertiary/aromatic N) is 1. The van der Waals surface area contributed by atoms with Crippen molar-refractivity contribution < 1.29 is 13.2 Å². The molecule has 0 N–H and O–H groups in total. The summed E-state index contributed by atoms with van der Waals surface area (Å²) >= 11 is 3.56. The Bertz CT molecular complexity index is 680. The zero-order valence-electron chi connectivity index (χ0n) is 13.4. The van der Waals surface area contributed by atoms with Crippen LogP contribution in [0, 0.1) is 11.8 Å². The van der Waals surface area contributed by atoms with Gasteiger partial charge in [0.1, 0.15) is 0 Å². The first-order chi connectivity index (χ1) is 10.7. The zero-order chi connectivity index (χ0) is 17.3. The molecule has 1 amide bonds. The van der Waals surface area contributed by atoms with E-state index in [1.165, 1.54) is 0 Å². The first kappa shape index (κ1) is 18.2. The molecular weight excluding hydrogens is 378 g/mol. The average molecular weight is 400 g/mol. The number of carbonyl (C=O) groups excluding carboxylic acids is 1. The van der Waals surface area contributed by atoms with Gasteiger partial charge in [-0.2, -0.15) is 0 Å². The molecule has 2 rings (SSSR count). The van der Waals surface area contributed by atoms with Gasteiger partial charge in [-0.1, -0.05) is 40.2 Å². The molecule has 0 spiro atoms. The molecule has 0 aromatic heterocycles. The number of carbonyl (C=O) groups is 1. The Kier molecular flexibility index (Phi) is 5.36. The number of likely N-dealkylation sites (tertiary alicyclic amines) is 1. The monoisotopic (exact) mass is 399 g/mol. The van der Waals surface area contributed by atoms with Crippen molar-refractivity contribution in [2.45, 2.75) is 23.1 Å². The van der Waals surface area contributed by atoms with Crippen LogP contribution < -0.4 is 0 Å². The van der Waals surface area contributed by atoms with Crippen molar-refractivity contribution in [1.29, 1.82) is 0 Å². The molecule has 0 radical (unpaired) electrons. The lowest BCUT2D eigenvalue weighted by Gasteiger charge is -2.27. The van der Waals surface area contributed by atoms with Gasteiger partial charge in [0.2, 0.25) is 5.91 Å². The molecule has 1 aliphatic heterocycles. The van der Waals surface area contributed by atoms with Crippen molar-refractivity contribution in [3.05, 3.63) is 43.0 Å². The molecule has 1 aromatic rings. The van der Waals surface area contributed by atoms with E-state index in [2.05, 4.69) is 22.5 Å². The molecule has 0 aliphatic carbocycles. The lowest BCUT2D eigenvalue weighted by molar-refractivity contribution is -0.131. The molecule has 0 bridgehead atoms. The number of hydrogen-bond donors (Lipinski definition) is 0. The van der Waals surface area contributed by atoms with E-state index in [1.807, 2.05) is 13.8 Å². The summed E-state index contributed by atoms with van der Waals surface area (Å²) in [6.07, 6.45) is 1.67. The Morgan fingerprint density at radius 1 is 1.35 bits per heavy atom. The van der Waals surface area contributed by atoms with Crippen molar-refractivity contribution >= 4 is 31.7 Å². The normalized spacial score (nSPS) is 22.4. The first-order valence-electron chi connectivity index (χ1n) is 7.53. The van der Waals surface area contributed by atoms with Crippen LogP contribution in [0.1, 0.15) is 13.8 Å². The first-order valence-corrected chi connectivity index (χ1v) is 9.97. The van der Waals surface area contributed by atoms with E-state index in [1.54, 1.807) is 41.3 Å². The van der Waals surface area contributed by atoms with Gasteiger partial charge in [0.15, 0.2) is 9.84 Å². The third-order valence-corrected chi connectivity index (χ3v) is 6.48. The van der Waals surface area contributed by atoms with Crippen molar-refractivity contribution in [2.75, 3.05) is 18.8 Å². The van der Waals surface area contributed by atoms with Gasteiger partial charge >= 0.3 is 0 Å². The minimum absolute atomic E-state index is 0.0139. The summed E-state index contributed by atoms with van der Waals surface area (Å²) in [5, 5.41) is 0. The Morgan fingerprint density at radius 3 is 2.48 bits per heavy atom. The lowest BCUT2D eigenvalue weighted by Crippen LogP contribution is -2.37. The summed E-state index contributed by atoms with van der Waals surface area (Å²) in [6.45, 7) is 8.38. The van der Waals surface area contributed by atoms with E-state index < -0.39 is 14.2 Å². The average Bonchev–Trinajstić information content (AvgIpc) is 2.75. The summed E-state index contributed by atoms with van der Waals surface area (Å²) < 4.78 is 24.9. The third-order valence-electron chi connectivity index (χ3n) is 4.13. The summed E-state index contributed by atoms with van der Waals surface area (Å²) in [5.74, 6) is -0.668. The maximum atomic E-state index is 12.7. The van der Waals surface area contributed by atoms with Gasteiger partial charge in [0.25, 0.3) is 0 Å². The van der Waals surface area contributed by atoms with Crippen LogP contribution >= 0.6 is 15.9 Å². The minimum Gasteiger partial charge on any atom is -0.338 e. The Labute approximate surface area is 146 Å². The molecule has 0 saturated carbocycles. The molecule has 1 heterocycles. The van der Waals surface area contributed by atoms with E-state index in [4.69, 9.17) is 0 Å². The molecule has 2 atom stereocenters. The largest absolute Gasteiger partial charge is 0.338 e. The number of amides is 1. The van der Waals surface area contributed by atoms with E-state index in [0.29, 0.717) is 18.0 Å². The van der Waals surface area contributed by atoms with Crippen molar-refractivity contribution in [3.63, 3.8) is 0 Å². The molecule has 1 aliphatic rings. The highest BCUT2D eigenvalue weighted by atomic mass is 79.9. The summed E-state index contributed by atoms with van der Waals surface area (Å²) in [7, 11) is -3.42. The smallest absolute Gasteiger partial charge is 0.227 e. The molecule has 1 saturated heterocycles. The van der Waals surface area contributed by atoms with Gasteiger partial charge in [-0.15, -0.1) is 6.58 Å². The number of alkyl halides is 1. The quantitative estimate of drug-likeness (QED) is 0.545. The van der Waals surface area contributed by atoms with Crippen LogP contribution in [-0.2, 0) is 14.6 Å². The van der Waals surface area contributed by atoms with Crippen LogP contribution in [0.25, 0.3) is 0 Å². The standard InChI is InChI=1S/C17H22BrNO3S/c1-4-10-19-11-13(15(16(19)20)17(2,3)18)12-23(21,22)14-8-6-5-7-9-14/h4-9,13,15H,1,10-12H2,2-3H3/t13-,15-/m1/s1. The highest BCUT2D eigenvalue weighted by Crippen LogP contribution is 2.40. The molecule has 1 fully saturated rings. The SMILES string of the molecule is C=CCN1C[C@H](CS(=O)(=O)c2ccccc2)[C@@H](C(C)(C)Br)C1=O. The van der Waals surface area contributed by atoms with Crippen LogP contribution in [-0.4, -0.2) is 42.4 Å². The molecule has 1 aromatic carbocycles. The van der Waals surface area contributed by atoms with E-state index >= 15 is 0 Å². The van der Waals surface area contributed by atoms with Gasteiger partial charge < -0.3 is 4.90 Å². The van der Waals surface area contributed by atoms with Gasteiger partial charge in [0, 0.05) is 23.3 Å². The lowest BCUT2D eigenvalue weighted by atomic mass is 9.86. The van der Waals surface area contributed by atoms with Crippen molar-refractivity contribution in [3.8, 4) is 0 Å². The van der Waals surface area contributed by atoms with Crippen LogP contribution in [0.4, 0.5) is 0 Å². The molecule has 4 nitrogen and oxygen atoms in total. The second-order valence-electron chi connectivity index (χ2n) is 6.43. The highest BCUT2D eigenvalue weighted by Gasteiger charge is 2.48. The zero-order valence-corrected chi connectivity index (χ0v) is 15.8. The third kappa shape index (κ3) is 4.04. The van der Waals surface area contributed by atoms with Crippen molar-refractivity contribution in [2.24, 2.45) is 11.8 Å². The van der Waals surface area contributed by atoms with E-state index in [0.717, 1.165) is 0 Å². The topological polar surface area (TPSA) is 54.5 Å². The van der Waals surface area contributed by atoms with Gasteiger partial charge in [0.05, 0.1) is 16.6 Å². The minimum atomic E-state index is -3.42. The maximum absolute atomic E-state index is 12.7. The molecule has 0 unspecified atom stereocenters. The van der Waals surface area contributed by atoms with Crippen LogP contribution in [0.15, 0.2) is 47.9 Å². The fraction of sp³-hybridized carbons (Fsp3) is 0.471. The van der Waals surface area contributed by atoms with Gasteiger partial charge in [-0.3, -0.25) is 4.79 Å². The molecular formula is C17H22BrNO3S. The van der Waals surface area contributed by atoms with Crippen LogP contribution in [0.3, 0.4) is 0 Å². The number of halogens is 1. The van der Waals surface area contributed by atoms with Crippen LogP contribution in [0.5, 0.6) is 0 Å². The summed E-state index contributed by atoms with van der Waals surface area (Å²) in [6, 6.07) is 8.41. The predicted molar refractivity (Wildman–Crippen MR) is 95.3 cm³/mol. The summed E-state index contributed by atoms with van der Waals surface area (Å²) in [5.41, 5.74) is 0. The highest BCUT2D eigenvalue weighted by molar-refractivity contribution is 9.10. The number of hydrogen-bond acceptors (Lipinski definition) is 3. The number of sulfone groups is 1. The van der Waals surface area contributed by atoms with Gasteiger partial charge in [-0.05, 0) is 26.0 Å². The molecule has 126 valence electrons. The Hall–Kier alpha value is -1.14. The van der Waals surface area contributed by atoms with Crippen molar-refractivity contribution in [1.82, 2.24) is 4.90 Å². The fourth-order valence-corrected chi connectivity index (χ4v) is 5.40. The Balaban J connectivity index is 2.29. The molecule has 6 heteroatoms. The summed E-state index contributed by atoms with van der Waals surface area (Å²) in [4.78, 5) is 14.6. The second-order valence-corrected chi connectivity index (χ2v) is 10.5. The number of benzene rings is 1. The predicted octanol–water partition coefficient (Wildman–Crippen LogP) is 2.89. The van der Waals surface area contributed by atoms with E-state index in [-0.39, 0.29) is 23.5 Å². The maximum Gasteiger partial charge on any atom is 0.227 e. The number of rotatable bonds is 6.